The smallest absolute Gasteiger partial charge is 0.342 e. The van der Waals surface area contributed by atoms with Crippen LogP contribution < -0.4 is 0 Å². The van der Waals surface area contributed by atoms with Crippen molar-refractivity contribution >= 4 is 11.9 Å². The van der Waals surface area contributed by atoms with Crippen LogP contribution >= 0.6 is 0 Å². The fourth-order valence-corrected chi connectivity index (χ4v) is 2.56. The van der Waals surface area contributed by atoms with Crippen LogP contribution in [0.15, 0.2) is 11.1 Å². The van der Waals surface area contributed by atoms with Gasteiger partial charge in [-0.2, -0.15) is 0 Å². The van der Waals surface area contributed by atoms with Gasteiger partial charge in [-0.1, -0.05) is 26.7 Å². The molecule has 15 heavy (non-hydrogen) atoms. The van der Waals surface area contributed by atoms with E-state index in [1.54, 1.807) is 0 Å². The third-order valence-electron chi connectivity index (χ3n) is 3.26. The average Bonchev–Trinajstić information content (AvgIpc) is 2.71. The lowest BCUT2D eigenvalue weighted by atomic mass is 9.89. The zero-order valence-corrected chi connectivity index (χ0v) is 9.21. The summed E-state index contributed by atoms with van der Waals surface area (Å²) in [7, 11) is 0. The fourth-order valence-electron chi connectivity index (χ4n) is 2.56. The van der Waals surface area contributed by atoms with Crippen LogP contribution in [-0.4, -0.2) is 11.9 Å². The topological polar surface area (TPSA) is 43.4 Å². The second-order valence-corrected chi connectivity index (χ2v) is 4.64. The van der Waals surface area contributed by atoms with Gasteiger partial charge in [0.1, 0.15) is 0 Å². The molecule has 2 aliphatic rings. The van der Waals surface area contributed by atoms with Gasteiger partial charge in [0.05, 0.1) is 11.1 Å². The van der Waals surface area contributed by atoms with Crippen LogP contribution in [0.3, 0.4) is 0 Å². The maximum absolute atomic E-state index is 11.6. The molecule has 0 amide bonds. The number of cyclic esters (lactones) is 2. The highest BCUT2D eigenvalue weighted by Crippen LogP contribution is 2.38. The Hall–Kier alpha value is -1.12. The van der Waals surface area contributed by atoms with Crippen LogP contribution in [0.5, 0.6) is 0 Å². The molecule has 0 aromatic rings. The van der Waals surface area contributed by atoms with E-state index in [-0.39, 0.29) is 11.8 Å². The molecule has 0 N–H and O–H groups in total. The third kappa shape index (κ3) is 1.71. The van der Waals surface area contributed by atoms with E-state index in [1.165, 1.54) is 0 Å². The van der Waals surface area contributed by atoms with Crippen molar-refractivity contribution in [1.29, 1.82) is 0 Å². The molecule has 0 spiro atoms. The second kappa shape index (κ2) is 3.80. The van der Waals surface area contributed by atoms with E-state index in [1.807, 2.05) is 13.8 Å². The van der Waals surface area contributed by atoms with Crippen molar-refractivity contribution in [2.45, 2.75) is 39.5 Å². The molecule has 0 radical (unpaired) electrons. The number of rotatable bonds is 2. The molecule has 0 aromatic carbocycles. The number of hydrogen-bond donors (Lipinski definition) is 0. The number of carbonyl (C=O) groups is 2. The molecule has 82 valence electrons. The van der Waals surface area contributed by atoms with Crippen molar-refractivity contribution in [1.82, 2.24) is 0 Å². The van der Waals surface area contributed by atoms with Crippen molar-refractivity contribution in [2.24, 2.45) is 11.8 Å². The Morgan fingerprint density at radius 2 is 1.73 bits per heavy atom. The van der Waals surface area contributed by atoms with Gasteiger partial charge in [-0.15, -0.1) is 0 Å². The Morgan fingerprint density at radius 3 is 2.27 bits per heavy atom. The van der Waals surface area contributed by atoms with Gasteiger partial charge in [0.15, 0.2) is 0 Å². The summed E-state index contributed by atoms with van der Waals surface area (Å²) in [6.45, 7) is 3.87. The van der Waals surface area contributed by atoms with Gasteiger partial charge in [-0.05, 0) is 24.7 Å². The molecule has 3 nitrogen and oxygen atoms in total. The van der Waals surface area contributed by atoms with Gasteiger partial charge in [0, 0.05) is 0 Å². The van der Waals surface area contributed by atoms with Crippen LogP contribution in [-0.2, 0) is 14.3 Å². The average molecular weight is 208 g/mol. The first kappa shape index (κ1) is 10.4. The summed E-state index contributed by atoms with van der Waals surface area (Å²) < 4.78 is 4.71. The first-order valence-corrected chi connectivity index (χ1v) is 5.62. The predicted molar refractivity (Wildman–Crippen MR) is 54.9 cm³/mol. The largest absolute Gasteiger partial charge is 0.386 e. The summed E-state index contributed by atoms with van der Waals surface area (Å²) in [5.41, 5.74) is 1.29. The SMILES string of the molecule is CC(C)C1=C(C2CCCC2)C(=O)OC1=O. The maximum Gasteiger partial charge on any atom is 0.342 e. The highest BCUT2D eigenvalue weighted by Gasteiger charge is 2.39. The summed E-state index contributed by atoms with van der Waals surface area (Å²) in [5.74, 6) is -0.464. The van der Waals surface area contributed by atoms with E-state index in [0.717, 1.165) is 25.7 Å². The van der Waals surface area contributed by atoms with Gasteiger partial charge in [-0.3, -0.25) is 0 Å². The lowest BCUT2D eigenvalue weighted by molar-refractivity contribution is -0.151. The quantitative estimate of drug-likeness (QED) is 0.516. The van der Waals surface area contributed by atoms with E-state index >= 15 is 0 Å². The Bertz CT molecular complexity index is 333. The maximum atomic E-state index is 11.6. The summed E-state index contributed by atoms with van der Waals surface area (Å²) >= 11 is 0. The number of hydrogen-bond acceptors (Lipinski definition) is 3. The summed E-state index contributed by atoms with van der Waals surface area (Å²) in [5, 5.41) is 0. The van der Waals surface area contributed by atoms with E-state index < -0.39 is 11.9 Å². The Kier molecular flexibility index (Phi) is 2.63. The molecule has 0 saturated heterocycles. The van der Waals surface area contributed by atoms with E-state index in [9.17, 15) is 9.59 Å². The molecule has 1 saturated carbocycles. The zero-order valence-electron chi connectivity index (χ0n) is 9.21. The fraction of sp³-hybridized carbons (Fsp3) is 0.667. The molecule has 1 heterocycles. The molecule has 0 bridgehead atoms. The van der Waals surface area contributed by atoms with Crippen LogP contribution in [0.4, 0.5) is 0 Å². The zero-order chi connectivity index (χ0) is 11.0. The molecular formula is C12H16O3. The van der Waals surface area contributed by atoms with Crippen LogP contribution in [0.25, 0.3) is 0 Å². The summed E-state index contributed by atoms with van der Waals surface area (Å²) in [6, 6.07) is 0. The third-order valence-corrected chi connectivity index (χ3v) is 3.26. The highest BCUT2D eigenvalue weighted by atomic mass is 16.6. The molecule has 1 aliphatic carbocycles. The molecule has 0 atom stereocenters. The Morgan fingerprint density at radius 1 is 1.13 bits per heavy atom. The Balaban J connectivity index is 2.37. The normalized spacial score (nSPS) is 23.1. The molecule has 1 fully saturated rings. The van der Waals surface area contributed by atoms with Gasteiger partial charge in [0.25, 0.3) is 0 Å². The van der Waals surface area contributed by atoms with Gasteiger partial charge in [-0.25, -0.2) is 9.59 Å². The molecule has 0 aromatic heterocycles. The predicted octanol–water partition coefficient (Wildman–Crippen LogP) is 2.21. The molecule has 1 aliphatic heterocycles. The lowest BCUT2D eigenvalue weighted by Crippen LogP contribution is -2.09. The molecule has 2 rings (SSSR count). The van der Waals surface area contributed by atoms with Crippen molar-refractivity contribution in [3.8, 4) is 0 Å². The molecule has 3 heteroatoms. The van der Waals surface area contributed by atoms with E-state index in [4.69, 9.17) is 4.74 Å². The number of carbonyl (C=O) groups excluding carboxylic acids is 2. The standard InChI is InChI=1S/C12H16O3/c1-7(2)9-10(8-5-3-4-6-8)12(14)15-11(9)13/h7-8H,3-6H2,1-2H3. The number of ether oxygens (including phenoxy) is 1. The second-order valence-electron chi connectivity index (χ2n) is 4.64. The van der Waals surface area contributed by atoms with Crippen molar-refractivity contribution in [2.75, 3.05) is 0 Å². The van der Waals surface area contributed by atoms with Crippen molar-refractivity contribution in [3.05, 3.63) is 11.1 Å². The van der Waals surface area contributed by atoms with Crippen molar-refractivity contribution in [3.63, 3.8) is 0 Å². The number of esters is 2. The monoisotopic (exact) mass is 208 g/mol. The summed E-state index contributed by atoms with van der Waals surface area (Å²) in [6.07, 6.45) is 4.35. The van der Waals surface area contributed by atoms with E-state index in [2.05, 4.69) is 0 Å². The van der Waals surface area contributed by atoms with Crippen molar-refractivity contribution < 1.29 is 14.3 Å². The lowest BCUT2D eigenvalue weighted by Gasteiger charge is -2.10. The first-order chi connectivity index (χ1) is 7.11. The highest BCUT2D eigenvalue weighted by molar-refractivity contribution is 6.12. The van der Waals surface area contributed by atoms with E-state index in [0.29, 0.717) is 11.1 Å². The van der Waals surface area contributed by atoms with Crippen LogP contribution in [0.2, 0.25) is 0 Å². The first-order valence-electron chi connectivity index (χ1n) is 5.62. The van der Waals surface area contributed by atoms with Gasteiger partial charge in [0.2, 0.25) is 0 Å². The molecule has 0 unspecified atom stereocenters. The minimum Gasteiger partial charge on any atom is -0.386 e. The molecular weight excluding hydrogens is 192 g/mol. The minimum atomic E-state index is -0.420. The van der Waals surface area contributed by atoms with Crippen LogP contribution in [0.1, 0.15) is 39.5 Å². The van der Waals surface area contributed by atoms with Gasteiger partial charge >= 0.3 is 11.9 Å². The minimum absolute atomic E-state index is 0.0829. The Labute approximate surface area is 89.5 Å². The van der Waals surface area contributed by atoms with Crippen LogP contribution in [0, 0.1) is 11.8 Å². The summed E-state index contributed by atoms with van der Waals surface area (Å²) in [4.78, 5) is 23.1. The van der Waals surface area contributed by atoms with Gasteiger partial charge < -0.3 is 4.74 Å².